The summed E-state index contributed by atoms with van der Waals surface area (Å²) in [5.74, 6) is 0.221. The second kappa shape index (κ2) is 15.0. The Morgan fingerprint density at radius 3 is 1.52 bits per heavy atom. The first-order chi connectivity index (χ1) is 13.0. The van der Waals surface area contributed by atoms with E-state index in [1.54, 1.807) is 0 Å². The maximum Gasteiger partial charge on any atom is 0.232 e. The Morgan fingerprint density at radius 1 is 0.667 bits per heavy atom. The molecule has 0 aliphatic rings. The molecule has 0 bridgehead atoms. The SMILES string of the molecule is CCCCCCCCCCCCCCCCS(=O)(=O)Nc1ccc(C)cc1. The van der Waals surface area contributed by atoms with Gasteiger partial charge in [0.2, 0.25) is 10.0 Å². The highest BCUT2D eigenvalue weighted by Gasteiger charge is 2.09. The van der Waals surface area contributed by atoms with Gasteiger partial charge in [-0.2, -0.15) is 0 Å². The van der Waals surface area contributed by atoms with Gasteiger partial charge in [-0.15, -0.1) is 0 Å². The van der Waals surface area contributed by atoms with E-state index in [0.717, 1.165) is 24.8 Å². The van der Waals surface area contributed by atoms with Gasteiger partial charge in [-0.3, -0.25) is 4.72 Å². The smallest absolute Gasteiger partial charge is 0.232 e. The Bertz CT molecular complexity index is 567. The zero-order valence-corrected chi connectivity index (χ0v) is 18.5. The summed E-state index contributed by atoms with van der Waals surface area (Å²) in [4.78, 5) is 0. The van der Waals surface area contributed by atoms with Gasteiger partial charge in [0.15, 0.2) is 0 Å². The van der Waals surface area contributed by atoms with Crippen LogP contribution in [0.5, 0.6) is 0 Å². The number of sulfonamides is 1. The molecule has 1 rings (SSSR count). The number of aryl methyl sites for hydroxylation is 1. The molecule has 0 radical (unpaired) electrons. The highest BCUT2D eigenvalue weighted by molar-refractivity contribution is 7.92. The van der Waals surface area contributed by atoms with Crippen molar-refractivity contribution in [1.29, 1.82) is 0 Å². The summed E-state index contributed by atoms with van der Waals surface area (Å²) in [6.45, 7) is 4.26. The minimum atomic E-state index is -3.21. The highest BCUT2D eigenvalue weighted by atomic mass is 32.2. The van der Waals surface area contributed by atoms with E-state index in [9.17, 15) is 8.42 Å². The normalized spacial score (nSPS) is 11.6. The molecule has 0 aliphatic carbocycles. The fraction of sp³-hybridized carbons (Fsp3) is 0.739. The van der Waals surface area contributed by atoms with Crippen molar-refractivity contribution < 1.29 is 8.42 Å². The number of anilines is 1. The van der Waals surface area contributed by atoms with Crippen LogP contribution in [-0.4, -0.2) is 14.2 Å². The fourth-order valence-electron chi connectivity index (χ4n) is 3.34. The number of hydrogen-bond acceptors (Lipinski definition) is 2. The lowest BCUT2D eigenvalue weighted by Gasteiger charge is -2.08. The Kier molecular flexibility index (Phi) is 13.3. The summed E-state index contributed by atoms with van der Waals surface area (Å²) in [6.07, 6.45) is 17.9. The molecule has 27 heavy (non-hydrogen) atoms. The van der Waals surface area contributed by atoms with E-state index in [0.29, 0.717) is 5.69 Å². The predicted octanol–water partition coefficient (Wildman–Crippen LogP) is 7.22. The van der Waals surface area contributed by atoms with E-state index in [-0.39, 0.29) is 5.75 Å². The lowest BCUT2D eigenvalue weighted by Crippen LogP contribution is -2.16. The monoisotopic (exact) mass is 395 g/mol. The summed E-state index contributed by atoms with van der Waals surface area (Å²) in [5.41, 5.74) is 1.79. The van der Waals surface area contributed by atoms with Gasteiger partial charge >= 0.3 is 0 Å². The Morgan fingerprint density at radius 2 is 1.07 bits per heavy atom. The molecule has 0 atom stereocenters. The molecular weight excluding hydrogens is 354 g/mol. The van der Waals surface area contributed by atoms with Crippen LogP contribution in [0.15, 0.2) is 24.3 Å². The molecule has 1 aromatic rings. The third-order valence-electron chi connectivity index (χ3n) is 5.09. The van der Waals surface area contributed by atoms with Crippen LogP contribution in [-0.2, 0) is 10.0 Å². The third-order valence-corrected chi connectivity index (χ3v) is 6.46. The van der Waals surface area contributed by atoms with Crippen LogP contribution in [0.4, 0.5) is 5.69 Å². The molecule has 0 spiro atoms. The summed E-state index contributed by atoms with van der Waals surface area (Å²) >= 11 is 0. The molecular formula is C23H41NO2S. The molecule has 0 saturated carbocycles. The van der Waals surface area contributed by atoms with Crippen molar-refractivity contribution in [3.05, 3.63) is 29.8 Å². The van der Waals surface area contributed by atoms with Gasteiger partial charge in [-0.05, 0) is 25.5 Å². The topological polar surface area (TPSA) is 46.2 Å². The Balaban J connectivity index is 1.92. The maximum absolute atomic E-state index is 12.1. The second-order valence-electron chi connectivity index (χ2n) is 7.88. The Labute approximate surface area is 168 Å². The third kappa shape index (κ3) is 13.7. The lowest BCUT2D eigenvalue weighted by molar-refractivity contribution is 0.537. The van der Waals surface area contributed by atoms with Crippen molar-refractivity contribution in [1.82, 2.24) is 0 Å². The van der Waals surface area contributed by atoms with Crippen LogP contribution in [0.25, 0.3) is 0 Å². The maximum atomic E-state index is 12.1. The average Bonchev–Trinajstić information content (AvgIpc) is 2.63. The number of nitrogens with one attached hydrogen (secondary N) is 1. The van der Waals surface area contributed by atoms with E-state index in [1.165, 1.54) is 70.6 Å². The van der Waals surface area contributed by atoms with Crippen molar-refractivity contribution >= 4 is 15.7 Å². The molecule has 156 valence electrons. The van der Waals surface area contributed by atoms with Crippen LogP contribution < -0.4 is 4.72 Å². The van der Waals surface area contributed by atoms with E-state index >= 15 is 0 Å². The molecule has 4 heteroatoms. The summed E-state index contributed by atoms with van der Waals surface area (Å²) < 4.78 is 26.8. The molecule has 0 saturated heterocycles. The largest absolute Gasteiger partial charge is 0.284 e. The van der Waals surface area contributed by atoms with Crippen molar-refractivity contribution in [3.63, 3.8) is 0 Å². The van der Waals surface area contributed by atoms with Gasteiger partial charge in [0.25, 0.3) is 0 Å². The highest BCUT2D eigenvalue weighted by Crippen LogP contribution is 2.14. The average molecular weight is 396 g/mol. The molecule has 0 heterocycles. The standard InChI is InChI=1S/C23H41NO2S/c1-3-4-5-6-7-8-9-10-11-12-13-14-15-16-21-27(25,26)24-23-19-17-22(2)18-20-23/h17-20,24H,3-16,21H2,1-2H3. The molecule has 1 aromatic carbocycles. The van der Waals surface area contributed by atoms with Crippen LogP contribution in [0.3, 0.4) is 0 Å². The molecule has 0 aromatic heterocycles. The Hall–Kier alpha value is -1.03. The van der Waals surface area contributed by atoms with E-state index in [2.05, 4.69) is 11.6 Å². The number of rotatable bonds is 17. The number of unbranched alkanes of at least 4 members (excludes halogenated alkanes) is 13. The van der Waals surface area contributed by atoms with Crippen molar-refractivity contribution in [2.24, 2.45) is 0 Å². The zero-order valence-electron chi connectivity index (χ0n) is 17.6. The molecule has 0 aliphatic heterocycles. The van der Waals surface area contributed by atoms with Crippen LogP contribution in [0.2, 0.25) is 0 Å². The summed E-state index contributed by atoms with van der Waals surface area (Å²) in [7, 11) is -3.21. The van der Waals surface area contributed by atoms with Gasteiger partial charge in [0.1, 0.15) is 0 Å². The predicted molar refractivity (Wildman–Crippen MR) is 119 cm³/mol. The van der Waals surface area contributed by atoms with Crippen LogP contribution in [0.1, 0.15) is 102 Å². The van der Waals surface area contributed by atoms with Crippen molar-refractivity contribution in [3.8, 4) is 0 Å². The van der Waals surface area contributed by atoms with E-state index < -0.39 is 10.0 Å². The first-order valence-electron chi connectivity index (χ1n) is 11.1. The van der Waals surface area contributed by atoms with Gasteiger partial charge in [-0.1, -0.05) is 108 Å². The molecule has 1 N–H and O–H groups in total. The van der Waals surface area contributed by atoms with Gasteiger partial charge in [-0.25, -0.2) is 8.42 Å². The summed E-state index contributed by atoms with van der Waals surface area (Å²) in [5, 5.41) is 0. The van der Waals surface area contributed by atoms with Gasteiger partial charge in [0, 0.05) is 5.69 Å². The number of hydrogen-bond donors (Lipinski definition) is 1. The first-order valence-corrected chi connectivity index (χ1v) is 12.8. The molecule has 3 nitrogen and oxygen atoms in total. The van der Waals surface area contributed by atoms with Crippen molar-refractivity contribution in [2.75, 3.05) is 10.5 Å². The van der Waals surface area contributed by atoms with Crippen molar-refractivity contribution in [2.45, 2.75) is 104 Å². The lowest BCUT2D eigenvalue weighted by atomic mass is 10.0. The van der Waals surface area contributed by atoms with Crippen LogP contribution in [0, 0.1) is 6.92 Å². The van der Waals surface area contributed by atoms with E-state index in [1.807, 2.05) is 31.2 Å². The number of benzene rings is 1. The molecule has 0 amide bonds. The minimum Gasteiger partial charge on any atom is -0.284 e. The zero-order chi connectivity index (χ0) is 19.8. The fourth-order valence-corrected chi connectivity index (χ4v) is 4.52. The first kappa shape index (κ1) is 24.0. The minimum absolute atomic E-state index is 0.221. The molecule has 0 unspecified atom stereocenters. The van der Waals surface area contributed by atoms with E-state index in [4.69, 9.17) is 0 Å². The van der Waals surface area contributed by atoms with Gasteiger partial charge in [0.05, 0.1) is 5.75 Å². The second-order valence-corrected chi connectivity index (χ2v) is 9.73. The quantitative estimate of drug-likeness (QED) is 0.283. The van der Waals surface area contributed by atoms with Crippen LogP contribution >= 0.6 is 0 Å². The molecule has 0 fully saturated rings. The van der Waals surface area contributed by atoms with Gasteiger partial charge < -0.3 is 0 Å². The summed E-state index contributed by atoms with van der Waals surface area (Å²) in [6, 6.07) is 7.48.